The molecule has 0 unspecified atom stereocenters. The zero-order chi connectivity index (χ0) is 17.8. The van der Waals surface area contributed by atoms with Gasteiger partial charge in [-0.3, -0.25) is 14.4 Å². The first-order valence-electron chi connectivity index (χ1n) is 6.50. The van der Waals surface area contributed by atoms with Gasteiger partial charge in [-0.05, 0) is 16.7 Å². The molecule has 0 heterocycles. The van der Waals surface area contributed by atoms with E-state index in [-0.39, 0.29) is 18.1 Å². The monoisotopic (exact) mass is 377 g/mol. The number of hydrogen-bond donors (Lipinski definition) is 3. The van der Waals surface area contributed by atoms with Gasteiger partial charge in [0.25, 0.3) is 0 Å². The maximum Gasteiger partial charge on any atom is 0.243 e. The summed E-state index contributed by atoms with van der Waals surface area (Å²) in [6.45, 7) is 2.72. The number of ketones is 1. The molecule has 7 nitrogen and oxygen atoms in total. The normalized spacial score (nSPS) is 12.9. The van der Waals surface area contributed by atoms with Crippen molar-refractivity contribution in [1.29, 1.82) is 0 Å². The van der Waals surface area contributed by atoms with Crippen LogP contribution in [0.1, 0.15) is 20.3 Å². The average Bonchev–Trinajstić information content (AvgIpc) is 2.49. The molecule has 0 aliphatic carbocycles. The number of nitrogens with one attached hydrogen (secondary N) is 3. The summed E-state index contributed by atoms with van der Waals surface area (Å²) in [6.07, 6.45) is 0.116. The molecular weight excluding hydrogens is 358 g/mol. The minimum atomic E-state index is -0.740. The SMILES string of the molecule is [CH]NC(=O)[C@H](CSSSC[C@H](NC(C)=O)C(=O)N[CH])CC(C)=O. The van der Waals surface area contributed by atoms with E-state index in [2.05, 4.69) is 5.32 Å². The Morgan fingerprint density at radius 1 is 0.957 bits per heavy atom. The van der Waals surface area contributed by atoms with E-state index in [1.165, 1.54) is 45.3 Å². The smallest absolute Gasteiger partial charge is 0.243 e. The molecule has 128 valence electrons. The molecule has 0 saturated heterocycles. The lowest BCUT2D eigenvalue weighted by atomic mass is 10.0. The van der Waals surface area contributed by atoms with E-state index in [0.29, 0.717) is 11.5 Å². The maximum atomic E-state index is 11.5. The first-order chi connectivity index (χ1) is 10.8. The minimum absolute atomic E-state index is 0.0952. The predicted octanol–water partition coefficient (Wildman–Crippen LogP) is 0.686. The zero-order valence-corrected chi connectivity index (χ0v) is 15.2. The first-order valence-corrected chi connectivity index (χ1v) is 10.3. The van der Waals surface area contributed by atoms with E-state index in [9.17, 15) is 19.2 Å². The molecule has 0 aromatic heterocycles. The van der Waals surface area contributed by atoms with Crippen LogP contribution in [0, 0.1) is 20.0 Å². The summed E-state index contributed by atoms with van der Waals surface area (Å²) in [7, 11) is 14.2. The van der Waals surface area contributed by atoms with Gasteiger partial charge in [-0.1, -0.05) is 21.6 Å². The van der Waals surface area contributed by atoms with Crippen LogP contribution >= 0.6 is 31.4 Å². The Kier molecular flexibility index (Phi) is 12.1. The molecule has 0 aliphatic heterocycles. The van der Waals surface area contributed by atoms with E-state index in [0.717, 1.165) is 0 Å². The van der Waals surface area contributed by atoms with Crippen molar-refractivity contribution < 1.29 is 19.2 Å². The number of carbonyl (C=O) groups is 4. The third-order valence-electron chi connectivity index (χ3n) is 2.48. The average molecular weight is 378 g/mol. The molecule has 0 saturated carbocycles. The van der Waals surface area contributed by atoms with Gasteiger partial charge in [0.05, 0.1) is 20.0 Å². The van der Waals surface area contributed by atoms with Gasteiger partial charge in [-0.25, -0.2) is 0 Å². The molecule has 2 atom stereocenters. The molecule has 0 aromatic carbocycles. The summed E-state index contributed by atoms with van der Waals surface area (Å²) in [5.74, 6) is -1.11. The Labute approximate surface area is 148 Å². The lowest BCUT2D eigenvalue weighted by Gasteiger charge is -2.15. The van der Waals surface area contributed by atoms with Crippen molar-refractivity contribution in [3.63, 3.8) is 0 Å². The lowest BCUT2D eigenvalue weighted by molar-refractivity contribution is -0.127. The van der Waals surface area contributed by atoms with E-state index in [4.69, 9.17) is 14.1 Å². The molecular formula is C13H19N3O4S3. The van der Waals surface area contributed by atoms with Crippen molar-refractivity contribution in [2.45, 2.75) is 26.3 Å². The van der Waals surface area contributed by atoms with Crippen molar-refractivity contribution in [3.8, 4) is 0 Å². The van der Waals surface area contributed by atoms with Crippen molar-refractivity contribution in [2.24, 2.45) is 5.92 Å². The van der Waals surface area contributed by atoms with Crippen LogP contribution in [-0.2, 0) is 19.2 Å². The summed E-state index contributed by atoms with van der Waals surface area (Å²) in [5.41, 5.74) is 0. The molecule has 0 fully saturated rings. The minimum Gasteiger partial charge on any atom is -0.349 e. The van der Waals surface area contributed by atoms with Crippen LogP contribution in [0.3, 0.4) is 0 Å². The van der Waals surface area contributed by atoms with Crippen LogP contribution in [0.4, 0.5) is 0 Å². The van der Waals surface area contributed by atoms with Crippen LogP contribution in [-0.4, -0.2) is 41.1 Å². The Balaban J connectivity index is 4.20. The quantitative estimate of drug-likeness (QED) is 0.276. The molecule has 0 bridgehead atoms. The van der Waals surface area contributed by atoms with Crippen molar-refractivity contribution in [2.75, 3.05) is 11.5 Å². The van der Waals surface area contributed by atoms with E-state index in [1.807, 2.05) is 10.6 Å². The molecule has 10 heteroatoms. The molecule has 4 radical (unpaired) electrons. The topological polar surface area (TPSA) is 104 Å². The van der Waals surface area contributed by atoms with Crippen molar-refractivity contribution in [3.05, 3.63) is 14.1 Å². The van der Waals surface area contributed by atoms with E-state index >= 15 is 0 Å². The maximum absolute atomic E-state index is 11.5. The van der Waals surface area contributed by atoms with Gasteiger partial charge in [0.15, 0.2) is 0 Å². The van der Waals surface area contributed by atoms with Gasteiger partial charge in [-0.2, -0.15) is 0 Å². The van der Waals surface area contributed by atoms with Crippen LogP contribution in [0.2, 0.25) is 0 Å². The second-order valence-corrected chi connectivity index (χ2v) is 8.83. The predicted molar refractivity (Wildman–Crippen MR) is 93.8 cm³/mol. The summed E-state index contributed by atoms with van der Waals surface area (Å²) < 4.78 is 0. The van der Waals surface area contributed by atoms with E-state index in [1.54, 1.807) is 0 Å². The molecule has 23 heavy (non-hydrogen) atoms. The molecule has 3 amide bonds. The van der Waals surface area contributed by atoms with Gasteiger partial charge >= 0.3 is 0 Å². The Morgan fingerprint density at radius 2 is 1.52 bits per heavy atom. The second-order valence-electron chi connectivity index (χ2n) is 4.51. The highest BCUT2D eigenvalue weighted by molar-refractivity contribution is 9.09. The van der Waals surface area contributed by atoms with Gasteiger partial charge in [-0.15, -0.1) is 0 Å². The number of rotatable bonds is 11. The molecule has 0 spiro atoms. The number of hydrogen-bond acceptors (Lipinski definition) is 7. The number of Topliss-reactive ketones (excluding diaryl/α,β-unsaturated/α-hetero) is 1. The van der Waals surface area contributed by atoms with E-state index < -0.39 is 23.8 Å². The first kappa shape index (κ1) is 22.1. The standard InChI is InChI=1S/C13H19N3O4S3/c1-8(17)5-10(12(19)14-3)6-21-23-22-7-11(13(20)15-4)16-9(2)18/h3-4,10-11H,5-7H2,1-2H3,(H,14,19)(H,15,20)(H,16,18)/t10-,11-/m0/s1. The molecule has 0 rings (SSSR count). The largest absolute Gasteiger partial charge is 0.349 e. The highest BCUT2D eigenvalue weighted by Gasteiger charge is 2.21. The molecule has 0 aliphatic rings. The van der Waals surface area contributed by atoms with Crippen LogP contribution in [0.15, 0.2) is 0 Å². The van der Waals surface area contributed by atoms with Gasteiger partial charge in [0, 0.05) is 24.9 Å². The molecule has 0 aromatic rings. The van der Waals surface area contributed by atoms with Gasteiger partial charge < -0.3 is 20.7 Å². The summed E-state index contributed by atoms with van der Waals surface area (Å²) >= 11 is 0. The zero-order valence-electron chi connectivity index (χ0n) is 12.8. The third-order valence-corrected chi connectivity index (χ3v) is 6.81. The molecule has 3 N–H and O–H groups in total. The van der Waals surface area contributed by atoms with Crippen LogP contribution < -0.4 is 16.0 Å². The van der Waals surface area contributed by atoms with Gasteiger partial charge in [0.2, 0.25) is 17.7 Å². The fourth-order valence-electron chi connectivity index (χ4n) is 1.46. The Hall–Kier alpha value is -0.870. The lowest BCUT2D eigenvalue weighted by Crippen LogP contribution is -2.45. The van der Waals surface area contributed by atoms with Crippen LogP contribution in [0.25, 0.3) is 0 Å². The van der Waals surface area contributed by atoms with Gasteiger partial charge in [0.1, 0.15) is 11.8 Å². The van der Waals surface area contributed by atoms with Crippen LogP contribution in [0.5, 0.6) is 0 Å². The van der Waals surface area contributed by atoms with Crippen molar-refractivity contribution in [1.82, 2.24) is 16.0 Å². The fourth-order valence-corrected chi connectivity index (χ4v) is 5.50. The second kappa shape index (κ2) is 12.5. The summed E-state index contributed by atoms with van der Waals surface area (Å²) in [6, 6.07) is -0.740. The fraction of sp³-hybridized carbons (Fsp3) is 0.538. The highest BCUT2D eigenvalue weighted by atomic mass is 33.5. The summed E-state index contributed by atoms with van der Waals surface area (Å²) in [5, 5.41) is 6.51. The summed E-state index contributed by atoms with van der Waals surface area (Å²) in [4.78, 5) is 45.2. The Bertz CT molecular complexity index is 397. The highest BCUT2D eigenvalue weighted by Crippen LogP contribution is 2.36. The number of amides is 3. The number of carbonyl (C=O) groups excluding carboxylic acids is 4. The third kappa shape index (κ3) is 10.5. The Morgan fingerprint density at radius 3 is 2.00 bits per heavy atom. The van der Waals surface area contributed by atoms with Crippen molar-refractivity contribution >= 4 is 54.9 Å².